The number of hydrogen-bond acceptors (Lipinski definition) is 11. The molecule has 0 fully saturated rings. The highest BCUT2D eigenvalue weighted by molar-refractivity contribution is 7.99. The summed E-state index contributed by atoms with van der Waals surface area (Å²) in [7, 11) is 0. The van der Waals surface area contributed by atoms with Gasteiger partial charge < -0.3 is 18.6 Å². The van der Waals surface area contributed by atoms with Crippen LogP contribution in [0, 0.1) is 13.8 Å². The summed E-state index contributed by atoms with van der Waals surface area (Å²) < 4.78 is 24.7. The molecule has 0 N–H and O–H groups in total. The van der Waals surface area contributed by atoms with E-state index in [4.69, 9.17) is 23.6 Å². The number of nitrogens with zero attached hydrogens (tertiary/aromatic N) is 4. The van der Waals surface area contributed by atoms with Gasteiger partial charge in [0.1, 0.15) is 5.76 Å². The Hall–Kier alpha value is -4.94. The molecule has 0 amide bonds. The van der Waals surface area contributed by atoms with E-state index in [1.165, 1.54) is 27.7 Å². The van der Waals surface area contributed by atoms with E-state index in [0.29, 0.717) is 48.1 Å². The van der Waals surface area contributed by atoms with E-state index in [1.807, 2.05) is 62.4 Å². The Bertz CT molecular complexity index is 2150. The number of carbonyl (C=O) groups excluding carboxylic acids is 1. The maximum atomic E-state index is 14.2. The van der Waals surface area contributed by atoms with Crippen molar-refractivity contribution >= 4 is 40.8 Å². The first kappa shape index (κ1) is 28.8. The summed E-state index contributed by atoms with van der Waals surface area (Å²) in [6.45, 7) is 5.83. The number of fused-ring (bicyclic) bond motifs is 2. The second-order valence-electron chi connectivity index (χ2n) is 10.2. The number of hydrogen-bond donors (Lipinski definition) is 0. The van der Waals surface area contributed by atoms with Gasteiger partial charge in [0, 0.05) is 23.0 Å². The number of carbonyl (C=O) groups is 1. The highest BCUT2D eigenvalue weighted by Gasteiger charge is 2.36. The molecule has 2 aliphatic rings. The summed E-state index contributed by atoms with van der Waals surface area (Å²) in [4.78, 5) is 42.1. The summed E-state index contributed by atoms with van der Waals surface area (Å²) in [5.74, 6) is 1.05. The Morgan fingerprint density at radius 3 is 2.60 bits per heavy atom. The molecule has 7 rings (SSSR count). The summed E-state index contributed by atoms with van der Waals surface area (Å²) in [6.07, 6.45) is 1.68. The molecule has 10 nitrogen and oxygen atoms in total. The number of thiazole rings is 1. The van der Waals surface area contributed by atoms with Gasteiger partial charge in [0.15, 0.2) is 26.5 Å². The zero-order valence-electron chi connectivity index (χ0n) is 24.5. The van der Waals surface area contributed by atoms with Crippen molar-refractivity contribution in [2.24, 2.45) is 4.99 Å². The van der Waals surface area contributed by atoms with E-state index in [0.717, 1.165) is 17.0 Å². The van der Waals surface area contributed by atoms with Crippen LogP contribution in [0.4, 0.5) is 0 Å². The van der Waals surface area contributed by atoms with Crippen LogP contribution in [-0.2, 0) is 9.53 Å². The smallest absolute Gasteiger partial charge is 0.338 e. The molecule has 5 heterocycles. The van der Waals surface area contributed by atoms with Crippen LogP contribution in [0.5, 0.6) is 11.5 Å². The lowest BCUT2D eigenvalue weighted by molar-refractivity contribution is -0.138. The zero-order valence-corrected chi connectivity index (χ0v) is 26.1. The van der Waals surface area contributed by atoms with Crippen LogP contribution in [0.15, 0.2) is 96.8 Å². The first-order valence-corrected chi connectivity index (χ1v) is 15.8. The van der Waals surface area contributed by atoms with Gasteiger partial charge in [-0.2, -0.15) is 0 Å². The normalized spacial score (nSPS) is 15.6. The van der Waals surface area contributed by atoms with Crippen molar-refractivity contribution in [2.45, 2.75) is 37.1 Å². The van der Waals surface area contributed by atoms with Gasteiger partial charge in [-0.3, -0.25) is 9.36 Å². The molecule has 12 heteroatoms. The molecule has 45 heavy (non-hydrogen) atoms. The number of aromatic nitrogens is 3. The monoisotopic (exact) mass is 638 g/mol. The Labute approximate surface area is 265 Å². The molecule has 226 valence electrons. The second kappa shape index (κ2) is 11.9. The Balaban J connectivity index is 1.38. The van der Waals surface area contributed by atoms with Crippen molar-refractivity contribution in [3.05, 3.63) is 120 Å². The molecule has 5 aromatic rings. The van der Waals surface area contributed by atoms with Gasteiger partial charge in [-0.1, -0.05) is 47.7 Å². The highest BCUT2D eigenvalue weighted by Crippen LogP contribution is 2.40. The fraction of sp³-hybridized carbons (Fsp3) is 0.182. The molecule has 1 atom stereocenters. The molecule has 0 radical (unpaired) electrons. The number of ether oxygens (including phenoxy) is 3. The van der Waals surface area contributed by atoms with Crippen LogP contribution >= 0.6 is 23.1 Å². The minimum Gasteiger partial charge on any atom is -0.463 e. The van der Waals surface area contributed by atoms with E-state index >= 15 is 0 Å². The van der Waals surface area contributed by atoms with Gasteiger partial charge in [0.05, 0.1) is 28.5 Å². The lowest BCUT2D eigenvalue weighted by atomic mass is 9.93. The Kier molecular flexibility index (Phi) is 7.60. The van der Waals surface area contributed by atoms with E-state index in [2.05, 4.69) is 9.97 Å². The molecule has 3 aromatic heterocycles. The van der Waals surface area contributed by atoms with Crippen molar-refractivity contribution < 1.29 is 23.4 Å². The maximum absolute atomic E-state index is 14.2. The van der Waals surface area contributed by atoms with Crippen LogP contribution in [-0.4, -0.2) is 33.9 Å². The number of aryl methyl sites for hydroxylation is 2. The molecule has 2 aliphatic heterocycles. The van der Waals surface area contributed by atoms with Gasteiger partial charge in [0.25, 0.3) is 5.56 Å². The van der Waals surface area contributed by atoms with E-state index in [1.54, 1.807) is 31.2 Å². The largest absolute Gasteiger partial charge is 0.463 e. The number of rotatable bonds is 7. The first-order chi connectivity index (χ1) is 21.9. The fourth-order valence-corrected chi connectivity index (χ4v) is 7.08. The average molecular weight is 639 g/mol. The molecular weight excluding hydrogens is 613 g/mol. The predicted octanol–water partition coefficient (Wildman–Crippen LogP) is 4.82. The lowest BCUT2D eigenvalue weighted by Gasteiger charge is -2.26. The first-order valence-electron chi connectivity index (χ1n) is 14.2. The number of furan rings is 1. The summed E-state index contributed by atoms with van der Waals surface area (Å²) >= 11 is 2.52. The van der Waals surface area contributed by atoms with Gasteiger partial charge in [-0.05, 0) is 68.4 Å². The Morgan fingerprint density at radius 1 is 1.04 bits per heavy atom. The summed E-state index contributed by atoms with van der Waals surface area (Å²) in [6, 6.07) is 19.5. The molecule has 0 saturated heterocycles. The van der Waals surface area contributed by atoms with Crippen molar-refractivity contribution in [1.82, 2.24) is 14.5 Å². The third-order valence-corrected chi connectivity index (χ3v) is 8.88. The van der Waals surface area contributed by atoms with Gasteiger partial charge in [0.2, 0.25) is 6.79 Å². The zero-order chi connectivity index (χ0) is 31.1. The van der Waals surface area contributed by atoms with E-state index < -0.39 is 12.0 Å². The topological polar surface area (TPSA) is 118 Å². The molecule has 0 aliphatic carbocycles. The van der Waals surface area contributed by atoms with E-state index in [9.17, 15) is 9.59 Å². The third kappa shape index (κ3) is 5.58. The van der Waals surface area contributed by atoms with Crippen LogP contribution in [0.3, 0.4) is 0 Å². The van der Waals surface area contributed by atoms with Gasteiger partial charge >= 0.3 is 5.97 Å². The van der Waals surface area contributed by atoms with Crippen LogP contribution in [0.25, 0.3) is 11.8 Å². The fourth-order valence-electron chi connectivity index (χ4n) is 5.26. The molecule has 0 saturated carbocycles. The third-order valence-electron chi connectivity index (χ3n) is 7.12. The van der Waals surface area contributed by atoms with Gasteiger partial charge in [-0.15, -0.1) is 0 Å². The van der Waals surface area contributed by atoms with E-state index in [-0.39, 0.29) is 24.5 Å². The second-order valence-corrected chi connectivity index (χ2v) is 12.2. The Morgan fingerprint density at radius 2 is 1.82 bits per heavy atom. The summed E-state index contributed by atoms with van der Waals surface area (Å²) in [5.41, 5.74) is 3.49. The molecule has 0 spiro atoms. The number of benzene rings is 2. The van der Waals surface area contributed by atoms with Crippen LogP contribution in [0.1, 0.15) is 41.2 Å². The quantitative estimate of drug-likeness (QED) is 0.183. The average Bonchev–Trinajstić information content (AvgIpc) is 3.75. The number of esters is 1. The minimum absolute atomic E-state index is 0.0937. The SMILES string of the molecule is CCOC(=O)C1=C(c2ccccc2)N=c2s/c(=C/c3ccc(Sc4nc(C)cc(C)n4)o3)c(=O)n2[C@H]1c1ccc2c(c1)OCO2. The summed E-state index contributed by atoms with van der Waals surface area (Å²) in [5, 5.41) is 1.17. The van der Waals surface area contributed by atoms with Crippen molar-refractivity contribution in [3.8, 4) is 11.5 Å². The maximum Gasteiger partial charge on any atom is 0.338 e. The molecule has 0 bridgehead atoms. The minimum atomic E-state index is -0.836. The van der Waals surface area contributed by atoms with Crippen molar-refractivity contribution in [3.63, 3.8) is 0 Å². The van der Waals surface area contributed by atoms with Gasteiger partial charge in [-0.25, -0.2) is 19.8 Å². The lowest BCUT2D eigenvalue weighted by Crippen LogP contribution is -2.40. The predicted molar refractivity (Wildman–Crippen MR) is 168 cm³/mol. The highest BCUT2D eigenvalue weighted by atomic mass is 32.2. The molecule has 0 unspecified atom stereocenters. The van der Waals surface area contributed by atoms with Crippen LogP contribution in [0.2, 0.25) is 0 Å². The van der Waals surface area contributed by atoms with Crippen molar-refractivity contribution in [1.29, 1.82) is 0 Å². The van der Waals surface area contributed by atoms with Crippen molar-refractivity contribution in [2.75, 3.05) is 13.4 Å². The van der Waals surface area contributed by atoms with Crippen LogP contribution < -0.4 is 24.4 Å². The standard InChI is InChI=1S/C33H26N4O6S2/c1-4-40-31(39)27-28(20-8-6-5-7-9-20)36-33-37(29(27)21-10-12-23-24(15-21)42-17-41-23)30(38)25(44-33)16-22-11-13-26(43-22)45-32-34-18(2)14-19(3)35-32/h5-16,29H,4,17H2,1-3H3/b25-16+/t29-/m0/s1. The molecular formula is C33H26N4O6S2. The molecule has 2 aromatic carbocycles.